The van der Waals surface area contributed by atoms with Gasteiger partial charge in [0.15, 0.2) is 0 Å². The van der Waals surface area contributed by atoms with Crippen LogP contribution in [0.3, 0.4) is 0 Å². The summed E-state index contributed by atoms with van der Waals surface area (Å²) in [4.78, 5) is 0. The Morgan fingerprint density at radius 1 is 0.377 bits per heavy atom. The maximum Gasteiger partial charge on any atom is 0.211 e. The van der Waals surface area contributed by atoms with Crippen LogP contribution in [-0.2, 0) is 12.8 Å². The first kappa shape index (κ1) is 44.9. The quantitative estimate of drug-likeness (QED) is 0.0518. The molecule has 3 rings (SSSR count). The lowest BCUT2D eigenvalue weighted by Gasteiger charge is -2.11. The summed E-state index contributed by atoms with van der Waals surface area (Å²) in [5.41, 5.74) is 21.7. The predicted molar refractivity (Wildman–Crippen MR) is 234 cm³/mol. The fraction of sp³-hybridized carbons (Fsp3) is 0.686. The molecule has 2 nitrogen and oxygen atoms in total. The van der Waals surface area contributed by atoms with Crippen LogP contribution in [0, 0.1) is 0 Å². The van der Waals surface area contributed by atoms with Gasteiger partial charge < -0.3 is 5.53 Å². The Morgan fingerprint density at radius 2 is 0.717 bits per heavy atom. The predicted octanol–water partition coefficient (Wildman–Crippen LogP) is 17.3. The van der Waals surface area contributed by atoms with Crippen LogP contribution in [0.5, 0.6) is 0 Å². The molecule has 0 aliphatic carbocycles. The molecule has 0 atom stereocenters. The average Bonchev–Trinajstić information content (AvgIpc) is 3.47. The van der Waals surface area contributed by atoms with E-state index in [9.17, 15) is 5.53 Å². The van der Waals surface area contributed by atoms with Crippen molar-refractivity contribution in [3.8, 4) is 0 Å². The zero-order valence-electron chi connectivity index (χ0n) is 35.4. The second kappa shape index (κ2) is 28.9. The van der Waals surface area contributed by atoms with Gasteiger partial charge in [-0.2, -0.15) is 0 Å². The molecule has 0 aromatic heterocycles. The molecular formula is C51H82N2. The summed E-state index contributed by atoms with van der Waals surface area (Å²) in [5.74, 6) is 0. The lowest BCUT2D eigenvalue weighted by atomic mass is 9.92. The molecule has 0 bridgehead atoms. The van der Waals surface area contributed by atoms with Crippen molar-refractivity contribution in [3.63, 3.8) is 0 Å². The molecule has 0 radical (unpaired) electrons. The van der Waals surface area contributed by atoms with Crippen molar-refractivity contribution < 1.29 is 4.70 Å². The first-order valence-electron chi connectivity index (χ1n) is 23.3. The van der Waals surface area contributed by atoms with Crippen LogP contribution in [-0.4, -0.2) is 4.70 Å². The van der Waals surface area contributed by atoms with E-state index in [0.717, 1.165) is 48.2 Å². The Hall–Kier alpha value is -2.48. The van der Waals surface area contributed by atoms with Gasteiger partial charge >= 0.3 is 0 Å². The third-order valence-electron chi connectivity index (χ3n) is 11.8. The number of hydrogen-bond acceptors (Lipinski definition) is 0. The van der Waals surface area contributed by atoms with Gasteiger partial charge in [-0.3, -0.25) is 0 Å². The zero-order valence-corrected chi connectivity index (χ0v) is 35.4. The second-order valence-electron chi connectivity index (χ2n) is 16.5. The topological polar surface area (TPSA) is 25.3 Å². The van der Waals surface area contributed by atoms with Crippen molar-refractivity contribution in [2.45, 2.75) is 227 Å². The molecule has 2 aromatic carbocycles. The van der Waals surface area contributed by atoms with E-state index >= 15 is 0 Å². The monoisotopic (exact) mass is 723 g/mol. The summed E-state index contributed by atoms with van der Waals surface area (Å²) < 4.78 is 1.56. The van der Waals surface area contributed by atoms with E-state index in [2.05, 4.69) is 76.2 Å². The highest BCUT2D eigenvalue weighted by Crippen LogP contribution is 2.44. The number of unbranched alkanes of at least 4 members (excludes halogenated alkanes) is 24. The van der Waals surface area contributed by atoms with Gasteiger partial charge in [-0.25, -0.2) is 4.70 Å². The van der Waals surface area contributed by atoms with Crippen molar-refractivity contribution >= 4 is 11.4 Å². The van der Waals surface area contributed by atoms with Gasteiger partial charge in [0.1, 0.15) is 0 Å². The number of hydrogen-bond donors (Lipinski definition) is 0. The van der Waals surface area contributed by atoms with E-state index < -0.39 is 0 Å². The standard InChI is InChI=1S/C51H82N2/c1-5-9-12-13-14-15-16-17-18-19-20-21-22-23-24-25-26-27-28-29-30-31-32-41-49-48(8-4)50(46-39-33-37-44(42-46)35-10-6-2)53(52)51(49)47-40-34-38-45(43-47)36-11-7-3/h33-34,37-40,42-43H,5-32,35-36,41H2,1-4H3. The highest BCUT2D eigenvalue weighted by atomic mass is 15.2. The molecule has 0 saturated carbocycles. The number of allylic oxidation sites excluding steroid dienone is 2. The number of aryl methyl sites for hydroxylation is 2. The molecular weight excluding hydrogens is 641 g/mol. The summed E-state index contributed by atoms with van der Waals surface area (Å²) in [7, 11) is 0. The Balaban J connectivity index is 1.37. The highest BCUT2D eigenvalue weighted by molar-refractivity contribution is 5.82. The van der Waals surface area contributed by atoms with Gasteiger partial charge in [0, 0.05) is 22.3 Å². The Morgan fingerprint density at radius 3 is 1.08 bits per heavy atom. The van der Waals surface area contributed by atoms with Crippen molar-refractivity contribution in [1.82, 2.24) is 0 Å². The van der Waals surface area contributed by atoms with E-state index in [4.69, 9.17) is 0 Å². The van der Waals surface area contributed by atoms with E-state index in [1.54, 1.807) is 4.70 Å². The maximum atomic E-state index is 12.0. The number of benzene rings is 2. The molecule has 0 N–H and O–H groups in total. The summed E-state index contributed by atoms with van der Waals surface area (Å²) in [6.07, 6.45) is 41.5. The Kier molecular flexibility index (Phi) is 24.5. The van der Waals surface area contributed by atoms with Crippen molar-refractivity contribution in [1.29, 1.82) is 0 Å². The van der Waals surface area contributed by atoms with Crippen LogP contribution in [0.2, 0.25) is 0 Å². The lowest BCUT2D eigenvalue weighted by Crippen LogP contribution is -2.03. The first-order valence-corrected chi connectivity index (χ1v) is 23.3. The summed E-state index contributed by atoms with van der Waals surface area (Å²) in [6, 6.07) is 17.9. The van der Waals surface area contributed by atoms with Crippen molar-refractivity contribution in [2.75, 3.05) is 0 Å². The lowest BCUT2D eigenvalue weighted by molar-refractivity contribution is -0.345. The molecule has 2 heteroatoms. The third kappa shape index (κ3) is 17.2. The zero-order chi connectivity index (χ0) is 37.8. The SMILES string of the molecule is CCCCCCCCCCCCCCCCCCCCCCCCCC1=C(c2cccc(CCCC)c2)[N+](=[N-])C(c2cccc(CCCC)c2)=C1CC. The van der Waals surface area contributed by atoms with Crippen LogP contribution < -0.4 is 0 Å². The molecule has 0 spiro atoms. The highest BCUT2D eigenvalue weighted by Gasteiger charge is 2.34. The largest absolute Gasteiger partial charge is 0.493 e. The molecule has 0 fully saturated rings. The van der Waals surface area contributed by atoms with Gasteiger partial charge in [-0.15, -0.1) is 0 Å². The van der Waals surface area contributed by atoms with Crippen molar-refractivity contribution in [2.24, 2.45) is 0 Å². The summed E-state index contributed by atoms with van der Waals surface area (Å²) in [6.45, 7) is 9.09. The molecule has 1 aliphatic rings. The normalized spacial score (nSPS) is 13.2. The van der Waals surface area contributed by atoms with Crippen LogP contribution in [0.4, 0.5) is 0 Å². The number of rotatable bonds is 33. The second-order valence-corrected chi connectivity index (χ2v) is 16.5. The van der Waals surface area contributed by atoms with Crippen molar-refractivity contribution in [3.05, 3.63) is 87.5 Å². The molecule has 53 heavy (non-hydrogen) atoms. The maximum absolute atomic E-state index is 12.0. The van der Waals surface area contributed by atoms with Gasteiger partial charge in [0.05, 0.1) is 0 Å². The average molecular weight is 723 g/mol. The summed E-state index contributed by atoms with van der Waals surface area (Å²) in [5, 5.41) is 0. The van der Waals surface area contributed by atoms with Gasteiger partial charge in [-0.05, 0) is 80.3 Å². The van der Waals surface area contributed by atoms with E-state index in [1.165, 1.54) is 196 Å². The van der Waals surface area contributed by atoms with E-state index in [0.29, 0.717) is 0 Å². The van der Waals surface area contributed by atoms with E-state index in [1.807, 2.05) is 0 Å². The van der Waals surface area contributed by atoms with Crippen LogP contribution in [0.25, 0.3) is 16.9 Å². The molecule has 0 amide bonds. The first-order chi connectivity index (χ1) is 26.1. The van der Waals surface area contributed by atoms with E-state index in [-0.39, 0.29) is 0 Å². The minimum atomic E-state index is 0.930. The van der Waals surface area contributed by atoms with Crippen LogP contribution >= 0.6 is 0 Å². The van der Waals surface area contributed by atoms with Gasteiger partial charge in [-0.1, -0.05) is 206 Å². The van der Waals surface area contributed by atoms with Gasteiger partial charge in [0.2, 0.25) is 11.4 Å². The smallest absolute Gasteiger partial charge is 0.211 e. The van der Waals surface area contributed by atoms with Crippen LogP contribution in [0.15, 0.2) is 59.7 Å². The molecule has 0 saturated heterocycles. The minimum absolute atomic E-state index is 0.930. The van der Waals surface area contributed by atoms with Gasteiger partial charge in [0.25, 0.3) is 0 Å². The Labute approximate surface area is 329 Å². The fourth-order valence-electron chi connectivity index (χ4n) is 8.49. The molecule has 2 aromatic rings. The third-order valence-corrected chi connectivity index (χ3v) is 11.8. The molecule has 296 valence electrons. The Bertz CT molecular complexity index is 1330. The molecule has 0 unspecified atom stereocenters. The molecule has 1 heterocycles. The fourth-order valence-corrected chi connectivity index (χ4v) is 8.49. The minimum Gasteiger partial charge on any atom is -0.493 e. The molecule has 1 aliphatic heterocycles. The number of nitrogens with zero attached hydrogens (tertiary/aromatic N) is 2. The van der Waals surface area contributed by atoms with Crippen LogP contribution in [0.1, 0.15) is 236 Å². The summed E-state index contributed by atoms with van der Waals surface area (Å²) >= 11 is 0.